The van der Waals surface area contributed by atoms with E-state index >= 15 is 0 Å². The van der Waals surface area contributed by atoms with E-state index in [0.717, 1.165) is 186 Å². The normalized spacial score (nSPS) is 11.5. The van der Waals surface area contributed by atoms with Gasteiger partial charge in [0.1, 0.15) is 34.5 Å². The molecule has 0 N–H and O–H groups in total. The molecule has 12 aromatic rings. The molecule has 124 heavy (non-hydrogen) atoms. The average molecular weight is 1770 g/mol. The van der Waals surface area contributed by atoms with Gasteiger partial charge < -0.3 is 28.4 Å². The van der Waals surface area contributed by atoms with E-state index in [1.54, 1.807) is 42.7 Å². The fourth-order valence-corrected chi connectivity index (χ4v) is 21.9. The van der Waals surface area contributed by atoms with Crippen LogP contribution in [-0.2, 0) is 21.7 Å². The maximum atomic E-state index is 11.4. The summed E-state index contributed by atoms with van der Waals surface area (Å²) in [5, 5.41) is 13.2. The van der Waals surface area contributed by atoms with Gasteiger partial charge in [-0.25, -0.2) is 0 Å². The molecule has 0 aliphatic rings. The van der Waals surface area contributed by atoms with Crippen molar-refractivity contribution >= 4 is 153 Å². The molecular weight excluding hydrogens is 1650 g/mol. The summed E-state index contributed by atoms with van der Waals surface area (Å²) in [7, 11) is 12.7. The Labute approximate surface area is 748 Å². The van der Waals surface area contributed by atoms with Crippen molar-refractivity contribution in [3.05, 3.63) is 320 Å². The van der Waals surface area contributed by atoms with E-state index in [0.29, 0.717) is 51.5 Å². The number of para-hydroxylation sites is 1. The van der Waals surface area contributed by atoms with Crippen molar-refractivity contribution < 1.29 is 57.2 Å². The van der Waals surface area contributed by atoms with Gasteiger partial charge in [0, 0.05) is 76.3 Å². The summed E-state index contributed by atoms with van der Waals surface area (Å²) in [6.07, 6.45) is 5.52. The van der Waals surface area contributed by atoms with Crippen LogP contribution in [0.3, 0.4) is 0 Å². The monoisotopic (exact) mass is 1770 g/mol. The van der Waals surface area contributed by atoms with E-state index in [4.69, 9.17) is 28.4 Å². The minimum atomic E-state index is -0.0178. The van der Waals surface area contributed by atoms with Crippen LogP contribution in [-0.4, -0.2) is 80.4 Å². The lowest BCUT2D eigenvalue weighted by atomic mass is 9.80. The Morgan fingerprint density at radius 2 is 0.484 bits per heavy atom. The lowest BCUT2D eigenvalue weighted by Gasteiger charge is -2.29. The zero-order valence-corrected chi connectivity index (χ0v) is 82.3. The number of carbonyl (C=O) groups excluding carboxylic acids is 6. The van der Waals surface area contributed by atoms with Gasteiger partial charge in [0.2, 0.25) is 0 Å². The maximum absolute atomic E-state index is 11.4. The molecule has 6 unspecified atom stereocenters. The Balaban J connectivity index is 0.000000205. The number of hydrogen-bond donors (Lipinski definition) is 0. The summed E-state index contributed by atoms with van der Waals surface area (Å²) in [5.41, 5.74) is 16.7. The van der Waals surface area contributed by atoms with Crippen LogP contribution < -0.4 is 92.1 Å². The highest BCUT2D eigenvalue weighted by Crippen LogP contribution is 2.39. The number of hydrogen-bond acceptors (Lipinski definition) is 12. The molecular formula is C106H122O12P6. The summed E-state index contributed by atoms with van der Waals surface area (Å²) >= 11 is 0. The second kappa shape index (κ2) is 47.9. The summed E-state index contributed by atoms with van der Waals surface area (Å²) in [6, 6.07) is 76.1. The highest BCUT2D eigenvalue weighted by molar-refractivity contribution is 7.57. The molecule has 0 amide bonds. The minimum Gasteiger partial charge on any atom is -0.496 e. The third-order valence-corrected chi connectivity index (χ3v) is 28.3. The summed E-state index contributed by atoms with van der Waals surface area (Å²) in [5.74, 6) is 5.52. The highest BCUT2D eigenvalue weighted by Gasteiger charge is 2.28. The van der Waals surface area contributed by atoms with Gasteiger partial charge in [0.05, 0.1) is 42.7 Å². The Morgan fingerprint density at radius 1 is 0.218 bits per heavy atom. The fraction of sp³-hybridized carbons (Fsp3) is 0.264. The van der Waals surface area contributed by atoms with Gasteiger partial charge in [0.25, 0.3) is 0 Å². The van der Waals surface area contributed by atoms with E-state index in [1.165, 1.54) is 38.9 Å². The van der Waals surface area contributed by atoms with E-state index in [-0.39, 0.29) is 21.7 Å². The smallest absolute Gasteiger partial charge is 0.150 e. The van der Waals surface area contributed by atoms with Crippen LogP contribution in [0.1, 0.15) is 201 Å². The summed E-state index contributed by atoms with van der Waals surface area (Å²) in [4.78, 5) is 67.0. The first-order valence-corrected chi connectivity index (χ1v) is 46.9. The van der Waals surface area contributed by atoms with Crippen LogP contribution in [0.4, 0.5) is 0 Å². The fourth-order valence-electron chi connectivity index (χ4n) is 13.6. The third kappa shape index (κ3) is 28.8. The van der Waals surface area contributed by atoms with Crippen molar-refractivity contribution in [1.29, 1.82) is 0 Å². The van der Waals surface area contributed by atoms with E-state index in [1.807, 2.05) is 190 Å². The number of rotatable bonds is 24. The molecule has 0 aliphatic carbocycles. The second-order valence-corrected chi connectivity index (χ2v) is 41.8. The Morgan fingerprint density at radius 3 is 0.815 bits per heavy atom. The lowest BCUT2D eigenvalue weighted by molar-refractivity contribution is 0.111. The molecule has 0 aliphatic heterocycles. The van der Waals surface area contributed by atoms with Crippen LogP contribution in [0, 0.1) is 41.5 Å². The van der Waals surface area contributed by atoms with Gasteiger partial charge in [-0.3, -0.25) is 28.8 Å². The van der Waals surface area contributed by atoms with E-state index < -0.39 is 0 Å². The number of carbonyl (C=O) groups is 6. The molecule has 0 radical (unpaired) electrons. The molecule has 12 rings (SSSR count). The largest absolute Gasteiger partial charge is 0.496 e. The van der Waals surface area contributed by atoms with Crippen LogP contribution in [0.2, 0.25) is 0 Å². The number of aryl methyl sites for hydroxylation is 6. The molecule has 0 spiro atoms. The number of methoxy groups -OCH3 is 6. The second-order valence-electron chi connectivity index (χ2n) is 33.9. The molecule has 0 fully saturated rings. The first-order chi connectivity index (χ1) is 58.9. The lowest BCUT2D eigenvalue weighted by Crippen LogP contribution is -2.22. The van der Waals surface area contributed by atoms with Crippen LogP contribution in [0.5, 0.6) is 34.5 Å². The predicted molar refractivity (Wildman–Crippen MR) is 538 cm³/mol. The van der Waals surface area contributed by atoms with Crippen LogP contribution >= 0.6 is 51.5 Å². The van der Waals surface area contributed by atoms with Gasteiger partial charge >= 0.3 is 0 Å². The Bertz CT molecular complexity index is 5540. The van der Waals surface area contributed by atoms with Crippen molar-refractivity contribution in [1.82, 2.24) is 0 Å². The molecule has 12 nitrogen and oxygen atoms in total. The molecule has 0 heterocycles. The number of ether oxygens (including phenoxy) is 6. The summed E-state index contributed by atoms with van der Waals surface area (Å²) in [6.45, 7) is 38.9. The van der Waals surface area contributed by atoms with Gasteiger partial charge in [-0.15, -0.1) is 0 Å². The highest BCUT2D eigenvalue weighted by atomic mass is 31.1. The first kappa shape index (κ1) is 101. The standard InChI is InChI=1S/C22H29O2P.2C19H23O2P.C16H17O2P.2C15H15O2P/c1-21(2,3)16-12-17(22(4,5)6)20(24-7)19(13-16)25-18-11-9-8-10-15(18)14-23;1-13-10-15(19(2,3)4)11-17(18(13)21-5)22-16-9-7-6-8-14(16)12-20;1-13-10-15(19(2,3)4)18(21-5)17(11-13)22-16-9-7-6-8-14(16)12-20;1-11-8-12(2)16(18-3)15(9-11)19-14-7-5-4-6-13(14)10-17;1-11-6-5-9-14(15(11)17-2)18-13-8-4-3-7-12(13)10-16;1-11-7-8-13(17-2)15(9-11)18-14-6-4-3-5-12(14)10-16/h8-14,25H,1-7H3;2*6-12,22H,1-5H3;4-10,19H,1-3H3;2*3-10,18H,1-2H3. The van der Waals surface area contributed by atoms with Gasteiger partial charge in [-0.05, 0) is 170 Å². The molecule has 6 atom stereocenters. The molecule has 12 aromatic carbocycles. The maximum Gasteiger partial charge on any atom is 0.150 e. The predicted octanol–water partition coefficient (Wildman–Crippen LogP) is 19.9. The van der Waals surface area contributed by atoms with E-state index in [9.17, 15) is 28.8 Å². The average Bonchev–Trinajstić information content (AvgIpc) is 0.773. The zero-order valence-electron chi connectivity index (χ0n) is 76.3. The van der Waals surface area contributed by atoms with Crippen molar-refractivity contribution in [2.75, 3.05) is 42.7 Å². The van der Waals surface area contributed by atoms with Crippen molar-refractivity contribution in [2.45, 2.75) is 146 Å². The van der Waals surface area contributed by atoms with Gasteiger partial charge in [-0.2, -0.15) is 0 Å². The van der Waals surface area contributed by atoms with E-state index in [2.05, 4.69) is 165 Å². The van der Waals surface area contributed by atoms with Gasteiger partial charge in [-0.1, -0.05) is 334 Å². The number of aldehydes is 6. The quantitative estimate of drug-likeness (QED) is 0.0417. The van der Waals surface area contributed by atoms with Crippen molar-refractivity contribution in [3.63, 3.8) is 0 Å². The molecule has 0 saturated carbocycles. The van der Waals surface area contributed by atoms with Crippen molar-refractivity contribution in [2.24, 2.45) is 0 Å². The molecule has 0 bridgehead atoms. The topological polar surface area (TPSA) is 158 Å². The Kier molecular flexibility index (Phi) is 39.1. The summed E-state index contributed by atoms with van der Waals surface area (Å²) < 4.78 is 33.5. The molecule has 18 heteroatoms. The molecule has 648 valence electrons. The van der Waals surface area contributed by atoms with Gasteiger partial charge in [0.15, 0.2) is 37.7 Å². The SMILES string of the molecule is COc1c(C)cc(C(C)(C)C)cc1Pc1ccccc1C=O.COc1c(C)cc(C)cc1Pc1ccccc1C=O.COc1c(C)cccc1Pc1ccccc1C=O.COc1c(Pc2ccccc2C=O)cc(C(C)(C)C)cc1C(C)(C)C.COc1c(Pc2ccccc2C=O)cc(C)cc1C(C)(C)C.COc1ccc(C)cc1Pc1ccccc1C=O. The molecule has 0 aromatic heterocycles. The number of benzene rings is 12. The molecule has 0 saturated heterocycles. The van der Waals surface area contributed by atoms with Crippen LogP contribution in [0.25, 0.3) is 0 Å². The zero-order chi connectivity index (χ0) is 91.2. The van der Waals surface area contributed by atoms with Crippen LogP contribution in [0.15, 0.2) is 231 Å². The van der Waals surface area contributed by atoms with Crippen molar-refractivity contribution in [3.8, 4) is 34.5 Å². The third-order valence-electron chi connectivity index (χ3n) is 20.1. The first-order valence-electron chi connectivity index (χ1n) is 40.9. The minimum absolute atomic E-state index is 0.0147. The Hall–Kier alpha value is -9.96.